The first-order valence-corrected chi connectivity index (χ1v) is 6.78. The SMILES string of the molecule is O=C(O)/C=C/c1ccc(F)c(CNC(=O)NC2CCC2)c1. The number of aliphatic carboxylic acids is 1. The van der Waals surface area contributed by atoms with Gasteiger partial charge in [0.25, 0.3) is 0 Å². The minimum absolute atomic E-state index is 0.0547. The second-order valence-electron chi connectivity index (χ2n) is 4.98. The molecular weight excluding hydrogens is 275 g/mol. The third kappa shape index (κ3) is 4.59. The van der Waals surface area contributed by atoms with Gasteiger partial charge in [-0.15, -0.1) is 0 Å². The lowest BCUT2D eigenvalue weighted by atomic mass is 9.93. The first-order chi connectivity index (χ1) is 10.0. The Morgan fingerprint density at radius 2 is 2.14 bits per heavy atom. The summed E-state index contributed by atoms with van der Waals surface area (Å²) in [5.41, 5.74) is 0.876. The standard InChI is InChI=1S/C15H17FN2O3/c16-13-6-4-10(5-7-14(19)20)8-11(13)9-17-15(21)18-12-2-1-3-12/h4-8,12H,1-3,9H2,(H,19,20)(H2,17,18,21)/b7-5+. The van der Waals surface area contributed by atoms with Gasteiger partial charge in [0.1, 0.15) is 5.82 Å². The Morgan fingerprint density at radius 3 is 2.76 bits per heavy atom. The van der Waals surface area contributed by atoms with E-state index < -0.39 is 11.8 Å². The van der Waals surface area contributed by atoms with Crippen LogP contribution in [0.5, 0.6) is 0 Å². The fourth-order valence-corrected chi connectivity index (χ4v) is 1.97. The Balaban J connectivity index is 1.93. The molecule has 3 N–H and O–H groups in total. The molecule has 1 saturated carbocycles. The predicted molar refractivity (Wildman–Crippen MR) is 76.1 cm³/mol. The lowest BCUT2D eigenvalue weighted by Crippen LogP contribution is -2.44. The second-order valence-corrected chi connectivity index (χ2v) is 4.98. The Hall–Kier alpha value is -2.37. The van der Waals surface area contributed by atoms with Gasteiger partial charge < -0.3 is 15.7 Å². The number of hydrogen-bond acceptors (Lipinski definition) is 2. The molecule has 0 aliphatic heterocycles. The van der Waals surface area contributed by atoms with Crippen LogP contribution in [0.15, 0.2) is 24.3 Å². The van der Waals surface area contributed by atoms with Crippen molar-refractivity contribution in [2.24, 2.45) is 0 Å². The summed E-state index contributed by atoms with van der Waals surface area (Å²) in [6.07, 6.45) is 5.44. The van der Waals surface area contributed by atoms with E-state index in [1.54, 1.807) is 0 Å². The lowest BCUT2D eigenvalue weighted by molar-refractivity contribution is -0.131. The molecule has 0 atom stereocenters. The van der Waals surface area contributed by atoms with Crippen LogP contribution in [0.4, 0.5) is 9.18 Å². The molecule has 0 radical (unpaired) electrons. The Morgan fingerprint density at radius 1 is 1.38 bits per heavy atom. The number of carboxylic acids is 1. The number of carbonyl (C=O) groups is 2. The first-order valence-electron chi connectivity index (χ1n) is 6.78. The van der Waals surface area contributed by atoms with Gasteiger partial charge in [0.15, 0.2) is 0 Å². The summed E-state index contributed by atoms with van der Waals surface area (Å²) in [5, 5.41) is 14.0. The van der Waals surface area contributed by atoms with Crippen molar-refractivity contribution in [3.8, 4) is 0 Å². The fourth-order valence-electron chi connectivity index (χ4n) is 1.97. The predicted octanol–water partition coefficient (Wildman–Crippen LogP) is 2.28. The highest BCUT2D eigenvalue weighted by atomic mass is 19.1. The van der Waals surface area contributed by atoms with Crippen molar-refractivity contribution in [3.63, 3.8) is 0 Å². The lowest BCUT2D eigenvalue weighted by Gasteiger charge is -2.26. The smallest absolute Gasteiger partial charge is 0.328 e. The molecular formula is C15H17FN2O3. The van der Waals surface area contributed by atoms with E-state index in [-0.39, 0.29) is 18.6 Å². The minimum atomic E-state index is -1.07. The molecule has 2 rings (SSSR count). The summed E-state index contributed by atoms with van der Waals surface area (Å²) >= 11 is 0. The van der Waals surface area contributed by atoms with Crippen molar-refractivity contribution in [2.75, 3.05) is 0 Å². The van der Waals surface area contributed by atoms with Crippen molar-refractivity contribution in [1.82, 2.24) is 10.6 Å². The highest BCUT2D eigenvalue weighted by molar-refractivity contribution is 5.85. The molecule has 2 amide bonds. The maximum atomic E-state index is 13.6. The molecule has 0 heterocycles. The number of hydrogen-bond donors (Lipinski definition) is 3. The van der Waals surface area contributed by atoms with Crippen LogP contribution in [0.2, 0.25) is 0 Å². The van der Waals surface area contributed by atoms with E-state index in [1.807, 2.05) is 0 Å². The number of halogens is 1. The molecule has 0 saturated heterocycles. The first kappa shape index (κ1) is 15.0. The molecule has 6 heteroatoms. The van der Waals surface area contributed by atoms with Crippen molar-refractivity contribution < 1.29 is 19.1 Å². The van der Waals surface area contributed by atoms with E-state index in [1.165, 1.54) is 24.3 Å². The number of benzene rings is 1. The quantitative estimate of drug-likeness (QED) is 0.728. The van der Waals surface area contributed by atoms with Crippen LogP contribution in [-0.4, -0.2) is 23.1 Å². The van der Waals surface area contributed by atoms with Gasteiger partial charge in [0, 0.05) is 24.2 Å². The maximum absolute atomic E-state index is 13.6. The highest BCUT2D eigenvalue weighted by Gasteiger charge is 2.19. The van der Waals surface area contributed by atoms with E-state index in [0.29, 0.717) is 11.1 Å². The van der Waals surface area contributed by atoms with Gasteiger partial charge in [-0.05, 0) is 43.0 Å². The third-order valence-corrected chi connectivity index (χ3v) is 3.37. The van der Waals surface area contributed by atoms with Crippen LogP contribution in [-0.2, 0) is 11.3 Å². The van der Waals surface area contributed by atoms with Gasteiger partial charge >= 0.3 is 12.0 Å². The molecule has 0 bridgehead atoms. The van der Waals surface area contributed by atoms with Gasteiger partial charge in [-0.3, -0.25) is 0 Å². The van der Waals surface area contributed by atoms with E-state index in [0.717, 1.165) is 25.3 Å². The summed E-state index contributed by atoms with van der Waals surface area (Å²) < 4.78 is 13.6. The number of rotatable bonds is 5. The zero-order chi connectivity index (χ0) is 15.2. The van der Waals surface area contributed by atoms with Crippen molar-refractivity contribution in [2.45, 2.75) is 31.8 Å². The van der Waals surface area contributed by atoms with E-state index in [4.69, 9.17) is 5.11 Å². The zero-order valence-electron chi connectivity index (χ0n) is 11.4. The van der Waals surface area contributed by atoms with Gasteiger partial charge in [0.2, 0.25) is 0 Å². The van der Waals surface area contributed by atoms with Crippen molar-refractivity contribution >= 4 is 18.1 Å². The van der Waals surface area contributed by atoms with E-state index >= 15 is 0 Å². The summed E-state index contributed by atoms with van der Waals surface area (Å²) in [6.45, 7) is 0.0547. The van der Waals surface area contributed by atoms with E-state index in [9.17, 15) is 14.0 Å². The van der Waals surface area contributed by atoms with Gasteiger partial charge in [-0.1, -0.05) is 6.07 Å². The molecule has 0 aromatic heterocycles. The molecule has 1 aliphatic carbocycles. The molecule has 21 heavy (non-hydrogen) atoms. The van der Waals surface area contributed by atoms with Crippen LogP contribution in [0, 0.1) is 5.82 Å². The summed E-state index contributed by atoms with van der Waals surface area (Å²) in [4.78, 5) is 22.0. The van der Waals surface area contributed by atoms with Crippen LogP contribution >= 0.6 is 0 Å². The molecule has 0 spiro atoms. The minimum Gasteiger partial charge on any atom is -0.478 e. The third-order valence-electron chi connectivity index (χ3n) is 3.37. The largest absolute Gasteiger partial charge is 0.478 e. The average molecular weight is 292 g/mol. The summed E-state index contributed by atoms with van der Waals surface area (Å²) in [5.74, 6) is -1.51. The highest BCUT2D eigenvalue weighted by Crippen LogP contribution is 2.17. The molecule has 1 aliphatic rings. The Kier molecular flexibility index (Phi) is 4.92. The van der Waals surface area contributed by atoms with Gasteiger partial charge in [0.05, 0.1) is 0 Å². The van der Waals surface area contributed by atoms with Crippen molar-refractivity contribution in [1.29, 1.82) is 0 Å². The Labute approximate surface area is 121 Å². The normalized spacial score (nSPS) is 14.7. The molecule has 0 unspecified atom stereocenters. The topological polar surface area (TPSA) is 78.4 Å². The van der Waals surface area contributed by atoms with Crippen LogP contribution in [0.3, 0.4) is 0 Å². The number of nitrogens with one attached hydrogen (secondary N) is 2. The van der Waals surface area contributed by atoms with Crippen LogP contribution in [0.1, 0.15) is 30.4 Å². The van der Waals surface area contributed by atoms with Crippen molar-refractivity contribution in [3.05, 3.63) is 41.2 Å². The summed E-state index contributed by atoms with van der Waals surface area (Å²) in [7, 11) is 0. The fraction of sp³-hybridized carbons (Fsp3) is 0.333. The molecule has 1 fully saturated rings. The molecule has 112 valence electrons. The average Bonchev–Trinajstić information content (AvgIpc) is 2.40. The Bertz CT molecular complexity index is 568. The van der Waals surface area contributed by atoms with Crippen LogP contribution < -0.4 is 10.6 Å². The number of amides is 2. The molecule has 1 aromatic rings. The number of urea groups is 1. The maximum Gasteiger partial charge on any atom is 0.328 e. The van der Waals surface area contributed by atoms with Gasteiger partial charge in [-0.25, -0.2) is 14.0 Å². The molecule has 1 aromatic carbocycles. The molecule has 5 nitrogen and oxygen atoms in total. The van der Waals surface area contributed by atoms with Crippen LogP contribution in [0.25, 0.3) is 6.08 Å². The number of carbonyl (C=O) groups excluding carboxylic acids is 1. The van der Waals surface area contributed by atoms with Gasteiger partial charge in [-0.2, -0.15) is 0 Å². The zero-order valence-corrected chi connectivity index (χ0v) is 11.4. The summed E-state index contributed by atoms with van der Waals surface area (Å²) in [6, 6.07) is 4.15. The second kappa shape index (κ2) is 6.88. The monoisotopic (exact) mass is 292 g/mol. The van der Waals surface area contributed by atoms with E-state index in [2.05, 4.69) is 10.6 Å². The number of carboxylic acid groups (broad SMARTS) is 1.